The minimum Gasteiger partial charge on any atom is -0.354 e. The van der Waals surface area contributed by atoms with E-state index in [4.69, 9.17) is 5.73 Å². The average molecular weight is 230 g/mol. The highest BCUT2D eigenvalue weighted by Gasteiger charge is 2.29. The molecule has 17 heavy (non-hydrogen) atoms. The van der Waals surface area contributed by atoms with Crippen LogP contribution in [-0.2, 0) is 0 Å². The van der Waals surface area contributed by atoms with Gasteiger partial charge in [0.05, 0.1) is 5.56 Å². The highest BCUT2D eigenvalue weighted by atomic mass is 15.2. The van der Waals surface area contributed by atoms with Gasteiger partial charge in [-0.25, -0.2) is 4.98 Å². The van der Waals surface area contributed by atoms with Crippen molar-refractivity contribution in [2.24, 2.45) is 11.7 Å². The zero-order valence-electron chi connectivity index (χ0n) is 10.6. The SMILES string of the molecule is Cc1cc(C)c(C#N)c(N2CC(C)C(N)C2)n1. The van der Waals surface area contributed by atoms with E-state index in [1.807, 2.05) is 19.9 Å². The van der Waals surface area contributed by atoms with Crippen molar-refractivity contribution in [1.29, 1.82) is 5.26 Å². The molecule has 90 valence electrons. The first-order valence-electron chi connectivity index (χ1n) is 5.91. The third-order valence-corrected chi connectivity index (χ3v) is 3.41. The van der Waals surface area contributed by atoms with Crippen LogP contribution in [0.25, 0.3) is 0 Å². The van der Waals surface area contributed by atoms with Crippen LogP contribution in [-0.4, -0.2) is 24.1 Å². The molecule has 1 aromatic heterocycles. The summed E-state index contributed by atoms with van der Waals surface area (Å²) in [7, 11) is 0. The Morgan fingerprint density at radius 3 is 2.71 bits per heavy atom. The monoisotopic (exact) mass is 230 g/mol. The highest BCUT2D eigenvalue weighted by molar-refractivity contribution is 5.58. The van der Waals surface area contributed by atoms with Crippen LogP contribution < -0.4 is 10.6 Å². The first-order valence-corrected chi connectivity index (χ1v) is 5.91. The summed E-state index contributed by atoms with van der Waals surface area (Å²) in [6, 6.07) is 4.37. The molecule has 4 nitrogen and oxygen atoms in total. The second-order valence-electron chi connectivity index (χ2n) is 4.94. The molecule has 1 fully saturated rings. The first kappa shape index (κ1) is 11.9. The van der Waals surface area contributed by atoms with Gasteiger partial charge >= 0.3 is 0 Å². The van der Waals surface area contributed by atoms with Gasteiger partial charge in [0.15, 0.2) is 0 Å². The third kappa shape index (κ3) is 2.11. The van der Waals surface area contributed by atoms with E-state index in [1.165, 1.54) is 0 Å². The minimum absolute atomic E-state index is 0.171. The minimum atomic E-state index is 0.171. The first-order chi connectivity index (χ1) is 8.02. The van der Waals surface area contributed by atoms with Crippen molar-refractivity contribution in [3.05, 3.63) is 22.9 Å². The molecule has 0 radical (unpaired) electrons. The van der Waals surface area contributed by atoms with E-state index in [1.54, 1.807) is 0 Å². The normalized spacial score (nSPS) is 23.8. The average Bonchev–Trinajstić information content (AvgIpc) is 2.58. The van der Waals surface area contributed by atoms with Gasteiger partial charge in [-0.3, -0.25) is 0 Å². The van der Waals surface area contributed by atoms with Crippen molar-refractivity contribution in [3.8, 4) is 6.07 Å². The fraction of sp³-hybridized carbons (Fsp3) is 0.538. The molecule has 2 unspecified atom stereocenters. The van der Waals surface area contributed by atoms with Gasteiger partial charge in [-0.15, -0.1) is 0 Å². The number of anilines is 1. The van der Waals surface area contributed by atoms with Gasteiger partial charge in [0.2, 0.25) is 0 Å². The Kier molecular flexibility index (Phi) is 3.03. The molecule has 2 rings (SSSR count). The summed E-state index contributed by atoms with van der Waals surface area (Å²) in [4.78, 5) is 6.64. The Labute approximate surface area is 102 Å². The molecule has 0 spiro atoms. The lowest BCUT2D eigenvalue weighted by atomic mass is 10.1. The third-order valence-electron chi connectivity index (χ3n) is 3.41. The number of nitriles is 1. The van der Waals surface area contributed by atoms with Crippen molar-refractivity contribution < 1.29 is 0 Å². The molecule has 0 aromatic carbocycles. The van der Waals surface area contributed by atoms with Gasteiger partial charge in [-0.1, -0.05) is 6.92 Å². The zero-order valence-corrected chi connectivity index (χ0v) is 10.6. The zero-order chi connectivity index (χ0) is 12.6. The van der Waals surface area contributed by atoms with E-state index in [-0.39, 0.29) is 6.04 Å². The number of nitrogens with zero attached hydrogens (tertiary/aromatic N) is 3. The number of aromatic nitrogens is 1. The van der Waals surface area contributed by atoms with Gasteiger partial charge in [0.25, 0.3) is 0 Å². The van der Waals surface area contributed by atoms with E-state index < -0.39 is 0 Å². The molecule has 1 aliphatic rings. The van der Waals surface area contributed by atoms with Crippen LogP contribution in [0.15, 0.2) is 6.07 Å². The second kappa shape index (κ2) is 4.34. The van der Waals surface area contributed by atoms with Gasteiger partial charge in [0.1, 0.15) is 11.9 Å². The maximum Gasteiger partial charge on any atom is 0.147 e. The fourth-order valence-electron chi connectivity index (χ4n) is 2.35. The molecule has 2 N–H and O–H groups in total. The van der Waals surface area contributed by atoms with Gasteiger partial charge < -0.3 is 10.6 Å². The maximum absolute atomic E-state index is 9.23. The molecule has 1 saturated heterocycles. The maximum atomic E-state index is 9.23. The molecular formula is C13H18N4. The number of rotatable bonds is 1. The van der Waals surface area contributed by atoms with Crippen molar-refractivity contribution in [2.75, 3.05) is 18.0 Å². The highest BCUT2D eigenvalue weighted by Crippen LogP contribution is 2.26. The molecule has 0 amide bonds. The smallest absolute Gasteiger partial charge is 0.147 e. The van der Waals surface area contributed by atoms with Crippen molar-refractivity contribution >= 4 is 5.82 Å². The van der Waals surface area contributed by atoms with Crippen molar-refractivity contribution in [2.45, 2.75) is 26.8 Å². The number of aryl methyl sites for hydroxylation is 2. The van der Waals surface area contributed by atoms with Crippen LogP contribution in [0.4, 0.5) is 5.82 Å². The van der Waals surface area contributed by atoms with E-state index in [2.05, 4.69) is 22.9 Å². The second-order valence-corrected chi connectivity index (χ2v) is 4.94. The molecule has 0 saturated carbocycles. The number of pyridine rings is 1. The molecule has 0 bridgehead atoms. The molecule has 4 heteroatoms. The summed E-state index contributed by atoms with van der Waals surface area (Å²) in [6.45, 7) is 7.71. The molecule has 2 heterocycles. The van der Waals surface area contributed by atoms with Crippen LogP contribution in [0.5, 0.6) is 0 Å². The predicted molar refractivity (Wildman–Crippen MR) is 67.8 cm³/mol. The molecular weight excluding hydrogens is 212 g/mol. The summed E-state index contributed by atoms with van der Waals surface area (Å²) < 4.78 is 0. The molecule has 0 aliphatic carbocycles. The van der Waals surface area contributed by atoms with Crippen LogP contribution in [0, 0.1) is 31.1 Å². The van der Waals surface area contributed by atoms with Crippen LogP contribution in [0.2, 0.25) is 0 Å². The van der Waals surface area contributed by atoms with E-state index in [0.29, 0.717) is 11.5 Å². The van der Waals surface area contributed by atoms with Crippen LogP contribution >= 0.6 is 0 Å². The topological polar surface area (TPSA) is 65.9 Å². The van der Waals surface area contributed by atoms with Gasteiger partial charge in [0, 0.05) is 24.8 Å². The molecule has 2 atom stereocenters. The van der Waals surface area contributed by atoms with Gasteiger partial charge in [-0.2, -0.15) is 5.26 Å². The summed E-state index contributed by atoms with van der Waals surface area (Å²) in [5.74, 6) is 1.24. The summed E-state index contributed by atoms with van der Waals surface area (Å²) in [6.07, 6.45) is 0. The number of hydrogen-bond donors (Lipinski definition) is 1. The van der Waals surface area contributed by atoms with Crippen LogP contribution in [0.3, 0.4) is 0 Å². The van der Waals surface area contributed by atoms with E-state index >= 15 is 0 Å². The molecule has 1 aliphatic heterocycles. The van der Waals surface area contributed by atoms with Gasteiger partial charge in [-0.05, 0) is 31.4 Å². The standard InChI is InChI=1S/C13H18N4/c1-8-4-10(3)16-13(11(8)5-14)17-6-9(2)12(15)7-17/h4,9,12H,6-7,15H2,1-3H3. The lowest BCUT2D eigenvalue weighted by molar-refractivity contribution is 0.566. The largest absolute Gasteiger partial charge is 0.354 e. The summed E-state index contributed by atoms with van der Waals surface area (Å²) >= 11 is 0. The Hall–Kier alpha value is -1.60. The van der Waals surface area contributed by atoms with E-state index in [9.17, 15) is 5.26 Å². The number of hydrogen-bond acceptors (Lipinski definition) is 4. The Balaban J connectivity index is 2.42. The van der Waals surface area contributed by atoms with Crippen LogP contribution in [0.1, 0.15) is 23.7 Å². The summed E-state index contributed by atoms with van der Waals surface area (Å²) in [5.41, 5.74) is 8.64. The predicted octanol–water partition coefficient (Wildman–Crippen LogP) is 1.35. The number of nitrogens with two attached hydrogens (primary N) is 1. The van der Waals surface area contributed by atoms with Crippen molar-refractivity contribution in [1.82, 2.24) is 4.98 Å². The quantitative estimate of drug-likeness (QED) is 0.791. The Morgan fingerprint density at radius 1 is 1.47 bits per heavy atom. The lowest BCUT2D eigenvalue weighted by Gasteiger charge is -2.19. The lowest BCUT2D eigenvalue weighted by Crippen LogP contribution is -2.29. The Morgan fingerprint density at radius 2 is 2.18 bits per heavy atom. The molecule has 1 aromatic rings. The Bertz CT molecular complexity index is 465. The fourth-order valence-corrected chi connectivity index (χ4v) is 2.35. The van der Waals surface area contributed by atoms with E-state index in [0.717, 1.165) is 30.2 Å². The van der Waals surface area contributed by atoms with Crippen molar-refractivity contribution in [3.63, 3.8) is 0 Å². The summed E-state index contributed by atoms with van der Waals surface area (Å²) in [5, 5.41) is 9.23.